The van der Waals surface area contributed by atoms with Crippen molar-refractivity contribution in [3.63, 3.8) is 0 Å². The zero-order valence-electron chi connectivity index (χ0n) is 13.4. The molecule has 0 bridgehead atoms. The van der Waals surface area contributed by atoms with Gasteiger partial charge in [0, 0.05) is 6.61 Å². The summed E-state index contributed by atoms with van der Waals surface area (Å²) in [6.45, 7) is 1.40. The van der Waals surface area contributed by atoms with Gasteiger partial charge in [-0.25, -0.2) is 0 Å². The maximum atomic E-state index is 12.0. The second kappa shape index (κ2) is 8.31. The smallest absolute Gasteiger partial charge is 0.246 e. The molecule has 1 aromatic carbocycles. The van der Waals surface area contributed by atoms with Crippen LogP contribution in [-0.2, 0) is 14.3 Å². The highest BCUT2D eigenvalue weighted by Gasteiger charge is 2.30. The summed E-state index contributed by atoms with van der Waals surface area (Å²) in [6.07, 6.45) is 5.30. The SMILES string of the molecule is O=C(COC[C@@H]1CCCO1)N[C@H]1CCC[C@H]1Oc1ccccc1. The van der Waals surface area contributed by atoms with Crippen LogP contribution in [0.4, 0.5) is 0 Å². The van der Waals surface area contributed by atoms with Crippen molar-refractivity contribution in [3.8, 4) is 5.75 Å². The molecule has 126 valence electrons. The highest BCUT2D eigenvalue weighted by Crippen LogP contribution is 2.24. The molecule has 1 saturated carbocycles. The van der Waals surface area contributed by atoms with Gasteiger partial charge in [-0.15, -0.1) is 0 Å². The van der Waals surface area contributed by atoms with Gasteiger partial charge in [0.2, 0.25) is 5.91 Å². The number of nitrogens with one attached hydrogen (secondary N) is 1. The largest absolute Gasteiger partial charge is 0.488 e. The van der Waals surface area contributed by atoms with Gasteiger partial charge in [-0.1, -0.05) is 18.2 Å². The van der Waals surface area contributed by atoms with Crippen LogP contribution in [0.2, 0.25) is 0 Å². The molecule has 23 heavy (non-hydrogen) atoms. The number of hydrogen-bond donors (Lipinski definition) is 1. The van der Waals surface area contributed by atoms with Gasteiger partial charge in [0.25, 0.3) is 0 Å². The molecule has 1 heterocycles. The molecule has 1 aliphatic heterocycles. The number of carbonyl (C=O) groups excluding carboxylic acids is 1. The normalized spacial score (nSPS) is 27.0. The minimum Gasteiger partial charge on any atom is -0.488 e. The molecule has 5 nitrogen and oxygen atoms in total. The Hall–Kier alpha value is -1.59. The average molecular weight is 319 g/mol. The quantitative estimate of drug-likeness (QED) is 0.838. The number of para-hydroxylation sites is 1. The predicted molar refractivity (Wildman–Crippen MR) is 86.4 cm³/mol. The summed E-state index contributed by atoms with van der Waals surface area (Å²) < 4.78 is 16.9. The summed E-state index contributed by atoms with van der Waals surface area (Å²) in [6, 6.07) is 9.83. The fourth-order valence-electron chi connectivity index (χ4n) is 3.21. The molecule has 1 aromatic rings. The lowest BCUT2D eigenvalue weighted by Crippen LogP contribution is -2.44. The molecule has 0 aromatic heterocycles. The Labute approximate surface area is 137 Å². The molecule has 1 amide bonds. The van der Waals surface area contributed by atoms with Crippen molar-refractivity contribution in [2.45, 2.75) is 50.4 Å². The zero-order valence-corrected chi connectivity index (χ0v) is 13.4. The lowest BCUT2D eigenvalue weighted by atomic mass is 10.2. The topological polar surface area (TPSA) is 56.8 Å². The highest BCUT2D eigenvalue weighted by atomic mass is 16.5. The molecule has 1 aliphatic carbocycles. The third-order valence-corrected chi connectivity index (χ3v) is 4.39. The monoisotopic (exact) mass is 319 g/mol. The Morgan fingerprint density at radius 2 is 2.04 bits per heavy atom. The molecular formula is C18H25NO4. The maximum absolute atomic E-state index is 12.0. The Bertz CT molecular complexity index is 487. The highest BCUT2D eigenvalue weighted by molar-refractivity contribution is 5.77. The fourth-order valence-corrected chi connectivity index (χ4v) is 3.21. The van der Waals surface area contributed by atoms with Crippen molar-refractivity contribution in [2.75, 3.05) is 19.8 Å². The average Bonchev–Trinajstić information content (AvgIpc) is 3.21. The Morgan fingerprint density at radius 1 is 1.17 bits per heavy atom. The fraction of sp³-hybridized carbons (Fsp3) is 0.611. The minimum absolute atomic E-state index is 0.0412. The molecule has 2 fully saturated rings. The predicted octanol–water partition coefficient (Wildman–Crippen LogP) is 2.30. The standard InChI is InChI=1S/C18H25NO4/c20-18(13-21-12-15-8-5-11-22-15)19-16-9-4-10-17(16)23-14-6-2-1-3-7-14/h1-3,6-7,15-17H,4-5,8-13H2,(H,19,20)/t15-,16-,17+/m0/s1. The Kier molecular flexibility index (Phi) is 5.88. The van der Waals surface area contributed by atoms with Crippen molar-refractivity contribution in [1.82, 2.24) is 5.32 Å². The van der Waals surface area contributed by atoms with Crippen LogP contribution in [0.3, 0.4) is 0 Å². The number of ether oxygens (including phenoxy) is 3. The van der Waals surface area contributed by atoms with Crippen LogP contribution in [-0.4, -0.2) is 44.0 Å². The van der Waals surface area contributed by atoms with Crippen LogP contribution in [0.15, 0.2) is 30.3 Å². The van der Waals surface area contributed by atoms with Crippen LogP contribution < -0.4 is 10.1 Å². The first kappa shape index (κ1) is 16.3. The van der Waals surface area contributed by atoms with Crippen molar-refractivity contribution in [3.05, 3.63) is 30.3 Å². The maximum Gasteiger partial charge on any atom is 0.246 e. The third-order valence-electron chi connectivity index (χ3n) is 4.39. The van der Waals surface area contributed by atoms with E-state index >= 15 is 0 Å². The molecule has 1 saturated heterocycles. The van der Waals surface area contributed by atoms with Crippen molar-refractivity contribution < 1.29 is 19.0 Å². The van der Waals surface area contributed by atoms with Crippen molar-refractivity contribution >= 4 is 5.91 Å². The summed E-state index contributed by atoms with van der Waals surface area (Å²) in [5.74, 6) is 0.782. The number of carbonyl (C=O) groups is 1. The Morgan fingerprint density at radius 3 is 2.83 bits per heavy atom. The van der Waals surface area contributed by atoms with E-state index in [4.69, 9.17) is 14.2 Å². The molecule has 0 unspecified atom stereocenters. The molecular weight excluding hydrogens is 294 g/mol. The van der Waals surface area contributed by atoms with Gasteiger partial charge in [0.1, 0.15) is 18.5 Å². The molecule has 5 heteroatoms. The molecule has 2 aliphatic rings. The first-order chi connectivity index (χ1) is 11.3. The number of hydrogen-bond acceptors (Lipinski definition) is 4. The van der Waals surface area contributed by atoms with E-state index in [1.165, 1.54) is 0 Å². The van der Waals surface area contributed by atoms with Crippen LogP contribution in [0.1, 0.15) is 32.1 Å². The van der Waals surface area contributed by atoms with E-state index in [0.29, 0.717) is 6.61 Å². The summed E-state index contributed by atoms with van der Waals surface area (Å²) in [7, 11) is 0. The van der Waals surface area contributed by atoms with Gasteiger partial charge in [-0.2, -0.15) is 0 Å². The van der Waals surface area contributed by atoms with E-state index in [0.717, 1.165) is 44.5 Å². The van der Waals surface area contributed by atoms with Crippen LogP contribution in [0.5, 0.6) is 5.75 Å². The van der Waals surface area contributed by atoms with E-state index in [2.05, 4.69) is 5.32 Å². The molecule has 1 N–H and O–H groups in total. The summed E-state index contributed by atoms with van der Waals surface area (Å²) >= 11 is 0. The van der Waals surface area contributed by atoms with Crippen LogP contribution in [0.25, 0.3) is 0 Å². The van der Waals surface area contributed by atoms with E-state index < -0.39 is 0 Å². The van der Waals surface area contributed by atoms with E-state index in [1.54, 1.807) is 0 Å². The molecule has 3 rings (SSSR count). The molecule has 0 spiro atoms. The van der Waals surface area contributed by atoms with Gasteiger partial charge in [-0.05, 0) is 44.2 Å². The Balaban J connectivity index is 1.39. The number of rotatable bonds is 7. The second-order valence-corrected chi connectivity index (χ2v) is 6.22. The van der Waals surface area contributed by atoms with Crippen molar-refractivity contribution in [1.29, 1.82) is 0 Å². The van der Waals surface area contributed by atoms with E-state index in [1.807, 2.05) is 30.3 Å². The summed E-state index contributed by atoms with van der Waals surface area (Å²) in [5, 5.41) is 3.04. The number of benzene rings is 1. The second-order valence-electron chi connectivity index (χ2n) is 6.22. The van der Waals surface area contributed by atoms with Gasteiger partial charge in [0.15, 0.2) is 0 Å². The molecule has 3 atom stereocenters. The first-order valence-electron chi connectivity index (χ1n) is 8.51. The first-order valence-corrected chi connectivity index (χ1v) is 8.51. The summed E-state index contributed by atoms with van der Waals surface area (Å²) in [5.41, 5.74) is 0. The lowest BCUT2D eigenvalue weighted by Gasteiger charge is -2.22. The third kappa shape index (κ3) is 4.94. The van der Waals surface area contributed by atoms with Crippen molar-refractivity contribution in [2.24, 2.45) is 0 Å². The van der Waals surface area contributed by atoms with Gasteiger partial charge < -0.3 is 19.5 Å². The lowest BCUT2D eigenvalue weighted by molar-refractivity contribution is -0.128. The van der Waals surface area contributed by atoms with E-state index in [9.17, 15) is 4.79 Å². The van der Waals surface area contributed by atoms with Crippen LogP contribution >= 0.6 is 0 Å². The van der Waals surface area contributed by atoms with Crippen LogP contribution in [0, 0.1) is 0 Å². The van der Waals surface area contributed by atoms with E-state index in [-0.39, 0.29) is 30.8 Å². The summed E-state index contributed by atoms with van der Waals surface area (Å²) in [4.78, 5) is 12.0. The molecule has 0 radical (unpaired) electrons. The van der Waals surface area contributed by atoms with Gasteiger partial charge >= 0.3 is 0 Å². The van der Waals surface area contributed by atoms with Gasteiger partial charge in [0.05, 0.1) is 18.8 Å². The zero-order chi connectivity index (χ0) is 15.9. The number of amides is 1. The van der Waals surface area contributed by atoms with Gasteiger partial charge in [-0.3, -0.25) is 4.79 Å². The minimum atomic E-state index is -0.0726.